The van der Waals surface area contributed by atoms with E-state index in [1.54, 1.807) is 12.1 Å². The van der Waals surface area contributed by atoms with Crippen LogP contribution in [0.15, 0.2) is 36.9 Å². The third-order valence-corrected chi connectivity index (χ3v) is 2.06. The number of ketones is 1. The van der Waals surface area contributed by atoms with Crippen LogP contribution in [0.3, 0.4) is 0 Å². The van der Waals surface area contributed by atoms with Gasteiger partial charge in [-0.25, -0.2) is 0 Å². The molecular weight excluding hydrogens is 162 g/mol. The van der Waals surface area contributed by atoms with E-state index in [9.17, 15) is 4.79 Å². The first-order valence-electron chi connectivity index (χ1n) is 4.17. The maximum Gasteiger partial charge on any atom is 0.162 e. The molecule has 0 amide bonds. The van der Waals surface area contributed by atoms with Gasteiger partial charge in [0.25, 0.3) is 0 Å². The van der Waals surface area contributed by atoms with Crippen LogP contribution < -0.4 is 5.73 Å². The molecule has 1 unspecified atom stereocenters. The molecule has 0 saturated heterocycles. The maximum atomic E-state index is 11.2. The van der Waals surface area contributed by atoms with Crippen molar-refractivity contribution in [2.75, 3.05) is 5.73 Å². The first kappa shape index (κ1) is 9.52. The van der Waals surface area contributed by atoms with Crippen molar-refractivity contribution in [2.45, 2.75) is 12.8 Å². The molecule has 0 aliphatic rings. The summed E-state index contributed by atoms with van der Waals surface area (Å²) in [5, 5.41) is 0. The highest BCUT2D eigenvalue weighted by Crippen LogP contribution is 2.17. The van der Waals surface area contributed by atoms with E-state index in [4.69, 9.17) is 5.73 Å². The van der Waals surface area contributed by atoms with Crippen molar-refractivity contribution >= 4 is 11.5 Å². The fourth-order valence-corrected chi connectivity index (χ4v) is 1.13. The summed E-state index contributed by atoms with van der Waals surface area (Å²) >= 11 is 0. The summed E-state index contributed by atoms with van der Waals surface area (Å²) in [5.41, 5.74) is 7.21. The zero-order chi connectivity index (χ0) is 9.84. The fourth-order valence-electron chi connectivity index (χ4n) is 1.13. The topological polar surface area (TPSA) is 43.1 Å². The molecule has 0 aromatic heterocycles. The Morgan fingerprint density at radius 1 is 1.46 bits per heavy atom. The molecule has 0 fully saturated rings. The first-order chi connectivity index (χ1) is 6.15. The minimum absolute atomic E-state index is 0.0322. The molecule has 2 N–H and O–H groups in total. The molecule has 0 spiro atoms. The van der Waals surface area contributed by atoms with Crippen molar-refractivity contribution in [1.82, 2.24) is 0 Å². The highest BCUT2D eigenvalue weighted by atomic mass is 16.1. The summed E-state index contributed by atoms with van der Waals surface area (Å²) in [7, 11) is 0. The molecule has 0 heterocycles. The molecule has 0 bridgehead atoms. The predicted octanol–water partition coefficient (Wildman–Crippen LogP) is 2.13. The fraction of sp³-hybridized carbons (Fsp3) is 0.182. The van der Waals surface area contributed by atoms with E-state index in [-0.39, 0.29) is 11.7 Å². The lowest BCUT2D eigenvalue weighted by Crippen LogP contribution is -2.05. The molecule has 1 aromatic carbocycles. The van der Waals surface area contributed by atoms with Crippen LogP contribution in [0, 0.1) is 0 Å². The molecule has 0 aliphatic heterocycles. The molecule has 1 atom stereocenters. The molecule has 0 radical (unpaired) electrons. The van der Waals surface area contributed by atoms with Gasteiger partial charge in [-0.2, -0.15) is 0 Å². The molecule has 1 aromatic rings. The quantitative estimate of drug-likeness (QED) is 0.565. The van der Waals surface area contributed by atoms with Gasteiger partial charge in [-0.3, -0.25) is 4.79 Å². The van der Waals surface area contributed by atoms with Crippen LogP contribution in [0.4, 0.5) is 5.69 Å². The third-order valence-electron chi connectivity index (χ3n) is 2.06. The van der Waals surface area contributed by atoms with Crippen molar-refractivity contribution in [2.24, 2.45) is 0 Å². The lowest BCUT2D eigenvalue weighted by molar-refractivity contribution is -0.115. The number of nitrogen functional groups attached to an aromatic ring is 1. The summed E-state index contributed by atoms with van der Waals surface area (Å²) in [4.78, 5) is 11.2. The number of carbonyl (C=O) groups excluding carboxylic acids is 1. The molecule has 68 valence electrons. The lowest BCUT2D eigenvalue weighted by Gasteiger charge is -2.07. The molecule has 2 nitrogen and oxygen atoms in total. The average Bonchev–Trinajstić information content (AvgIpc) is 2.17. The minimum Gasteiger partial charge on any atom is -0.399 e. The standard InChI is InChI=1S/C11H13NO/c1-3-11(13)8(2)9-4-6-10(12)7-5-9/h3-8H,1,12H2,2H3. The monoisotopic (exact) mass is 175 g/mol. The van der Waals surface area contributed by atoms with Crippen LogP contribution in [-0.2, 0) is 4.79 Å². The Morgan fingerprint density at radius 2 is 2.00 bits per heavy atom. The maximum absolute atomic E-state index is 11.2. The second-order valence-corrected chi connectivity index (χ2v) is 2.99. The number of allylic oxidation sites excluding steroid dienone is 1. The van der Waals surface area contributed by atoms with Gasteiger partial charge < -0.3 is 5.73 Å². The van der Waals surface area contributed by atoms with Crippen molar-refractivity contribution in [3.8, 4) is 0 Å². The van der Waals surface area contributed by atoms with Crippen molar-refractivity contribution < 1.29 is 4.79 Å². The minimum atomic E-state index is -0.127. The van der Waals surface area contributed by atoms with E-state index in [1.807, 2.05) is 19.1 Å². The number of rotatable bonds is 3. The molecule has 0 aliphatic carbocycles. The molecule has 13 heavy (non-hydrogen) atoms. The summed E-state index contributed by atoms with van der Waals surface area (Å²) < 4.78 is 0. The zero-order valence-corrected chi connectivity index (χ0v) is 7.66. The van der Waals surface area contributed by atoms with Gasteiger partial charge in [-0.05, 0) is 23.8 Å². The largest absolute Gasteiger partial charge is 0.399 e. The number of hydrogen-bond acceptors (Lipinski definition) is 2. The van der Waals surface area contributed by atoms with E-state index >= 15 is 0 Å². The van der Waals surface area contributed by atoms with E-state index in [1.165, 1.54) is 6.08 Å². The molecular formula is C11H13NO. The van der Waals surface area contributed by atoms with Crippen LogP contribution in [0.2, 0.25) is 0 Å². The predicted molar refractivity (Wildman–Crippen MR) is 54.5 cm³/mol. The Kier molecular flexibility index (Phi) is 2.85. The third kappa shape index (κ3) is 2.18. The van der Waals surface area contributed by atoms with Gasteiger partial charge in [0, 0.05) is 11.6 Å². The molecule has 0 saturated carbocycles. The van der Waals surface area contributed by atoms with Crippen molar-refractivity contribution in [3.63, 3.8) is 0 Å². The Bertz CT molecular complexity index is 313. The van der Waals surface area contributed by atoms with E-state index < -0.39 is 0 Å². The van der Waals surface area contributed by atoms with E-state index in [2.05, 4.69) is 6.58 Å². The summed E-state index contributed by atoms with van der Waals surface area (Å²) in [6.45, 7) is 5.31. The summed E-state index contributed by atoms with van der Waals surface area (Å²) in [6, 6.07) is 7.31. The van der Waals surface area contributed by atoms with Gasteiger partial charge in [-0.15, -0.1) is 0 Å². The Hall–Kier alpha value is -1.57. The smallest absolute Gasteiger partial charge is 0.162 e. The SMILES string of the molecule is C=CC(=O)C(C)c1ccc(N)cc1. The van der Waals surface area contributed by atoms with Gasteiger partial charge in [-0.1, -0.05) is 25.6 Å². The van der Waals surface area contributed by atoms with Gasteiger partial charge in [0.1, 0.15) is 0 Å². The van der Waals surface area contributed by atoms with Gasteiger partial charge >= 0.3 is 0 Å². The lowest BCUT2D eigenvalue weighted by atomic mass is 9.97. The number of nitrogens with two attached hydrogens (primary N) is 1. The number of hydrogen-bond donors (Lipinski definition) is 1. The van der Waals surface area contributed by atoms with Crippen molar-refractivity contribution in [3.05, 3.63) is 42.5 Å². The van der Waals surface area contributed by atoms with E-state index in [0.717, 1.165) is 5.56 Å². The van der Waals surface area contributed by atoms with Crippen molar-refractivity contribution in [1.29, 1.82) is 0 Å². The van der Waals surface area contributed by atoms with Crippen LogP contribution in [0.25, 0.3) is 0 Å². The van der Waals surface area contributed by atoms with Gasteiger partial charge in [0.2, 0.25) is 0 Å². The highest BCUT2D eigenvalue weighted by molar-refractivity contribution is 5.94. The number of carbonyl (C=O) groups is 1. The Labute approximate surface area is 78.1 Å². The zero-order valence-electron chi connectivity index (χ0n) is 7.66. The number of anilines is 1. The van der Waals surface area contributed by atoms with Crippen LogP contribution in [0.1, 0.15) is 18.4 Å². The number of benzene rings is 1. The van der Waals surface area contributed by atoms with Gasteiger partial charge in [0.15, 0.2) is 5.78 Å². The first-order valence-corrected chi connectivity index (χ1v) is 4.17. The van der Waals surface area contributed by atoms with Crippen LogP contribution in [-0.4, -0.2) is 5.78 Å². The van der Waals surface area contributed by atoms with Gasteiger partial charge in [0.05, 0.1) is 0 Å². The molecule has 1 rings (SSSR count). The normalized spacial score (nSPS) is 12.1. The summed E-state index contributed by atoms with van der Waals surface area (Å²) in [6.07, 6.45) is 1.35. The van der Waals surface area contributed by atoms with E-state index in [0.29, 0.717) is 5.69 Å². The Balaban J connectivity index is 2.89. The van der Waals surface area contributed by atoms with Crippen LogP contribution in [0.5, 0.6) is 0 Å². The van der Waals surface area contributed by atoms with Crippen LogP contribution >= 0.6 is 0 Å². The second-order valence-electron chi connectivity index (χ2n) is 2.99. The second kappa shape index (κ2) is 3.90. The summed E-state index contributed by atoms with van der Waals surface area (Å²) in [5.74, 6) is -0.0946. The average molecular weight is 175 g/mol. The highest BCUT2D eigenvalue weighted by Gasteiger charge is 2.10. The Morgan fingerprint density at radius 3 is 2.46 bits per heavy atom. The molecule has 2 heteroatoms.